The van der Waals surface area contributed by atoms with Gasteiger partial charge < -0.3 is 0 Å². The molecule has 59 heavy (non-hydrogen) atoms. The van der Waals surface area contributed by atoms with Crippen molar-refractivity contribution in [2.75, 3.05) is 9.80 Å². The van der Waals surface area contributed by atoms with E-state index in [9.17, 15) is 19.2 Å². The van der Waals surface area contributed by atoms with Gasteiger partial charge in [0.2, 0.25) is 5.91 Å². The van der Waals surface area contributed by atoms with Crippen molar-refractivity contribution >= 4 is 78.1 Å². The minimum Gasteiger partial charge on any atom is -0.274 e. The number of carbonyl (C=O) groups is 4. The van der Waals surface area contributed by atoms with Crippen molar-refractivity contribution in [1.29, 1.82) is 0 Å². The lowest BCUT2D eigenvalue weighted by molar-refractivity contribution is -0.117. The van der Waals surface area contributed by atoms with Crippen LogP contribution in [0.25, 0.3) is 43.1 Å². The zero-order chi connectivity index (χ0) is 42.5. The Morgan fingerprint density at radius 2 is 0.763 bits per heavy atom. The molecule has 4 amide bonds. The molecule has 0 fully saturated rings. The summed E-state index contributed by atoms with van der Waals surface area (Å²) in [6, 6.07) is 27.9. The number of hydrogen-bond donors (Lipinski definition) is 0. The van der Waals surface area contributed by atoms with E-state index < -0.39 is 0 Å². The molecular weight excluding hydrogens is 729 g/mol. The molecule has 0 bridgehead atoms. The predicted molar refractivity (Wildman–Crippen MR) is 242 cm³/mol. The van der Waals surface area contributed by atoms with Gasteiger partial charge in [0.05, 0.1) is 17.8 Å². The van der Waals surface area contributed by atoms with Crippen molar-refractivity contribution in [3.05, 3.63) is 129 Å². The van der Waals surface area contributed by atoms with Crippen molar-refractivity contribution in [2.45, 2.75) is 111 Å². The maximum atomic E-state index is 15.0. The second-order valence-corrected chi connectivity index (χ2v) is 20.9. The van der Waals surface area contributed by atoms with Crippen molar-refractivity contribution in [2.24, 2.45) is 0 Å². The second-order valence-electron chi connectivity index (χ2n) is 20.9. The molecular formula is C53H52N2O4. The van der Waals surface area contributed by atoms with Gasteiger partial charge in [-0.1, -0.05) is 138 Å². The number of anilines is 2. The van der Waals surface area contributed by atoms with Gasteiger partial charge in [-0.05, 0) is 118 Å². The molecule has 7 aromatic rings. The van der Waals surface area contributed by atoms with Crippen LogP contribution in [0.5, 0.6) is 0 Å². The molecule has 0 atom stereocenters. The standard InChI is InChI=1S/C53H52N2O4/c1-50(2,3)29-14-23-38(52(7,8)9)40(26-29)54-42(56)25-28-13-16-31-33-18-21-36-46-37(22-19-34(45(33)46)32-17-20-35(47(54)57)43(28)44(31)32)49(59)55(48(36)58)41-27-30(51(4,5)6)15-24-39(41)53(10,11)12/h13-24,26-27H,25H2,1-12H3. The predicted octanol–water partition coefficient (Wildman–Crippen LogP) is 12.5. The quantitative estimate of drug-likeness (QED) is 0.0995. The first-order valence-electron chi connectivity index (χ1n) is 20.7. The van der Waals surface area contributed by atoms with E-state index in [0.717, 1.165) is 65.5 Å². The van der Waals surface area contributed by atoms with Gasteiger partial charge in [0.1, 0.15) is 0 Å². The van der Waals surface area contributed by atoms with Gasteiger partial charge in [-0.25, -0.2) is 9.80 Å². The molecule has 0 unspecified atom stereocenters. The van der Waals surface area contributed by atoms with Crippen LogP contribution in [0.2, 0.25) is 0 Å². The summed E-state index contributed by atoms with van der Waals surface area (Å²) < 4.78 is 0. The minimum absolute atomic E-state index is 0.0637. The van der Waals surface area contributed by atoms with E-state index in [1.54, 1.807) is 0 Å². The molecule has 7 aromatic carbocycles. The molecule has 298 valence electrons. The van der Waals surface area contributed by atoms with Crippen LogP contribution in [0.1, 0.15) is 142 Å². The number of amides is 4. The maximum absolute atomic E-state index is 15.0. The number of fused-ring (bicyclic) bond motifs is 2. The number of nitrogens with zero attached hydrogens (tertiary/aromatic N) is 2. The average Bonchev–Trinajstić information content (AvgIpc) is 3.25. The first-order chi connectivity index (χ1) is 27.5. The van der Waals surface area contributed by atoms with Crippen LogP contribution in [0.15, 0.2) is 84.9 Å². The lowest BCUT2D eigenvalue weighted by Crippen LogP contribution is -2.42. The van der Waals surface area contributed by atoms with Gasteiger partial charge in [-0.2, -0.15) is 0 Å². The Bertz CT molecular complexity index is 2960. The summed E-state index contributed by atoms with van der Waals surface area (Å²) in [5.74, 6) is -1.29. The van der Waals surface area contributed by atoms with E-state index in [-0.39, 0.29) is 51.7 Å². The Morgan fingerprint density at radius 3 is 1.19 bits per heavy atom. The van der Waals surface area contributed by atoms with E-state index in [4.69, 9.17) is 0 Å². The van der Waals surface area contributed by atoms with E-state index in [0.29, 0.717) is 33.5 Å². The van der Waals surface area contributed by atoms with E-state index in [1.165, 1.54) is 9.80 Å². The average molecular weight is 781 g/mol. The van der Waals surface area contributed by atoms with Gasteiger partial charge in [-0.3, -0.25) is 19.2 Å². The van der Waals surface area contributed by atoms with Crippen LogP contribution in [0.4, 0.5) is 11.4 Å². The van der Waals surface area contributed by atoms with Crippen LogP contribution in [0.3, 0.4) is 0 Å². The van der Waals surface area contributed by atoms with Crippen LogP contribution in [-0.2, 0) is 32.9 Å². The summed E-state index contributed by atoms with van der Waals surface area (Å²) in [6.07, 6.45) is 0.0637. The molecule has 6 nitrogen and oxygen atoms in total. The molecule has 2 aliphatic heterocycles. The molecule has 0 radical (unpaired) electrons. The molecule has 2 heterocycles. The largest absolute Gasteiger partial charge is 0.274 e. The normalized spacial score (nSPS) is 15.5. The number of carbonyl (C=O) groups excluding carboxylic acids is 4. The van der Waals surface area contributed by atoms with Crippen LogP contribution in [-0.4, -0.2) is 23.6 Å². The van der Waals surface area contributed by atoms with Crippen LogP contribution < -0.4 is 9.80 Å². The molecule has 2 aliphatic rings. The highest BCUT2D eigenvalue weighted by Gasteiger charge is 2.40. The summed E-state index contributed by atoms with van der Waals surface area (Å²) in [5, 5.41) is 6.78. The second kappa shape index (κ2) is 12.3. The molecule has 0 spiro atoms. The number of benzene rings is 7. The first kappa shape index (κ1) is 38.6. The SMILES string of the molecule is CC(C)(C)c1ccc(C(C)(C)C)c(N2C(=O)Cc3ccc4c5ccc6c7c(ccc(c8ccc(c3c48)C2=O)c75)C(=O)N(c2cc(C(C)(C)C)ccc2C(C)(C)C)C6=O)c1. The zero-order valence-corrected chi connectivity index (χ0v) is 36.3. The molecule has 0 aromatic heterocycles. The fourth-order valence-corrected chi connectivity index (χ4v) is 9.55. The topological polar surface area (TPSA) is 74.8 Å². The Balaban J connectivity index is 1.26. The van der Waals surface area contributed by atoms with Gasteiger partial charge in [0.25, 0.3) is 17.7 Å². The highest BCUT2D eigenvalue weighted by atomic mass is 16.2. The fraction of sp³-hybridized carbons (Fsp3) is 0.321. The van der Waals surface area contributed by atoms with Crippen molar-refractivity contribution < 1.29 is 19.2 Å². The summed E-state index contributed by atoms with van der Waals surface area (Å²) in [6.45, 7) is 25.4. The van der Waals surface area contributed by atoms with Crippen molar-refractivity contribution in [3.8, 4) is 0 Å². The number of rotatable bonds is 2. The summed E-state index contributed by atoms with van der Waals surface area (Å²) in [5.41, 5.74) is 6.40. The van der Waals surface area contributed by atoms with E-state index in [1.807, 2.05) is 60.7 Å². The Morgan fingerprint density at radius 1 is 0.390 bits per heavy atom. The molecule has 6 heteroatoms. The Hall–Kier alpha value is -5.88. The van der Waals surface area contributed by atoms with Crippen LogP contribution >= 0.6 is 0 Å². The monoisotopic (exact) mass is 780 g/mol. The maximum Gasteiger partial charge on any atom is 0.265 e. The van der Waals surface area contributed by atoms with Crippen molar-refractivity contribution in [3.63, 3.8) is 0 Å². The third-order valence-corrected chi connectivity index (χ3v) is 12.7. The summed E-state index contributed by atoms with van der Waals surface area (Å²) in [7, 11) is 0. The first-order valence-corrected chi connectivity index (χ1v) is 20.7. The summed E-state index contributed by atoms with van der Waals surface area (Å²) >= 11 is 0. The van der Waals surface area contributed by atoms with Crippen LogP contribution in [0, 0.1) is 0 Å². The minimum atomic E-state index is -0.343. The smallest absolute Gasteiger partial charge is 0.265 e. The highest BCUT2D eigenvalue weighted by molar-refractivity contribution is 6.43. The van der Waals surface area contributed by atoms with E-state index >= 15 is 0 Å². The molecule has 0 saturated carbocycles. The van der Waals surface area contributed by atoms with Gasteiger partial charge in [-0.15, -0.1) is 0 Å². The van der Waals surface area contributed by atoms with Gasteiger partial charge in [0.15, 0.2) is 0 Å². The highest BCUT2D eigenvalue weighted by Crippen LogP contribution is 2.48. The Kier molecular flexibility index (Phi) is 8.07. The lowest BCUT2D eigenvalue weighted by atomic mass is 9.80. The van der Waals surface area contributed by atoms with Gasteiger partial charge >= 0.3 is 0 Å². The van der Waals surface area contributed by atoms with Gasteiger partial charge in [0, 0.05) is 22.1 Å². The molecule has 0 N–H and O–H groups in total. The molecule has 9 rings (SSSR count). The zero-order valence-electron chi connectivity index (χ0n) is 36.3. The third kappa shape index (κ3) is 5.66. The number of hydrogen-bond acceptors (Lipinski definition) is 4. The van der Waals surface area contributed by atoms with E-state index in [2.05, 4.69) is 107 Å². The summed E-state index contributed by atoms with van der Waals surface area (Å²) in [4.78, 5) is 61.9. The molecule has 0 saturated heterocycles. The van der Waals surface area contributed by atoms with Crippen molar-refractivity contribution in [1.82, 2.24) is 0 Å². The third-order valence-electron chi connectivity index (χ3n) is 12.7. The lowest BCUT2D eigenvalue weighted by Gasteiger charge is -2.34. The Labute approximate surface area is 346 Å². The molecule has 0 aliphatic carbocycles. The number of imide groups is 2. The fourth-order valence-electron chi connectivity index (χ4n) is 9.55.